The van der Waals surface area contributed by atoms with Gasteiger partial charge in [-0.15, -0.1) is 0 Å². The van der Waals surface area contributed by atoms with E-state index in [0.717, 1.165) is 5.56 Å². The maximum Gasteiger partial charge on any atom is 0.186 e. The Hall–Kier alpha value is -1.02. The average molecular weight is 310 g/mol. The predicted molar refractivity (Wildman–Crippen MR) is 77.3 cm³/mol. The highest BCUT2D eigenvalue weighted by Crippen LogP contribution is 2.35. The molecule has 2 aliphatic heterocycles. The molecule has 1 aromatic rings. The minimum Gasteiger partial charge on any atom is -0.376 e. The Morgan fingerprint density at radius 1 is 0.909 bits per heavy atom. The second-order valence-electron chi connectivity index (χ2n) is 5.36. The van der Waals surface area contributed by atoms with E-state index in [9.17, 15) is 0 Å². The molecular formula is C16H22O6. The molecule has 22 heavy (non-hydrogen) atoms. The van der Waals surface area contributed by atoms with Crippen LogP contribution in [-0.4, -0.2) is 58.6 Å². The summed E-state index contributed by atoms with van der Waals surface area (Å²) in [6.45, 7) is 0.417. The normalized spacial score (nSPS) is 38.5. The Bertz CT molecular complexity index is 467. The first-order valence-electron chi connectivity index (χ1n) is 7.34. The van der Waals surface area contributed by atoms with E-state index < -0.39 is 12.6 Å². The van der Waals surface area contributed by atoms with Gasteiger partial charge in [0.1, 0.15) is 24.4 Å². The lowest BCUT2D eigenvalue weighted by atomic mass is 9.97. The fraction of sp³-hybridized carbons (Fsp3) is 0.625. The molecule has 2 fully saturated rings. The first-order chi connectivity index (χ1) is 10.8. The van der Waals surface area contributed by atoms with Gasteiger partial charge >= 0.3 is 0 Å². The zero-order valence-corrected chi connectivity index (χ0v) is 13.0. The summed E-state index contributed by atoms with van der Waals surface area (Å²) in [7, 11) is 4.84. The third-order valence-corrected chi connectivity index (χ3v) is 4.13. The van der Waals surface area contributed by atoms with Gasteiger partial charge in [-0.3, -0.25) is 0 Å². The summed E-state index contributed by atoms with van der Waals surface area (Å²) in [5.41, 5.74) is 0.971. The Balaban J connectivity index is 1.79. The highest BCUT2D eigenvalue weighted by molar-refractivity contribution is 5.16. The fourth-order valence-electron chi connectivity index (χ4n) is 3.03. The first-order valence-corrected chi connectivity index (χ1v) is 7.34. The van der Waals surface area contributed by atoms with Crippen LogP contribution in [0.5, 0.6) is 0 Å². The smallest absolute Gasteiger partial charge is 0.186 e. The average Bonchev–Trinajstić information content (AvgIpc) is 2.60. The van der Waals surface area contributed by atoms with E-state index in [0.29, 0.717) is 6.61 Å². The summed E-state index contributed by atoms with van der Waals surface area (Å²) in [5.74, 6) is 0. The van der Waals surface area contributed by atoms with Crippen molar-refractivity contribution in [1.29, 1.82) is 0 Å². The van der Waals surface area contributed by atoms with Gasteiger partial charge in [0.2, 0.25) is 0 Å². The van der Waals surface area contributed by atoms with Crippen LogP contribution in [0.2, 0.25) is 0 Å². The van der Waals surface area contributed by atoms with Crippen LogP contribution < -0.4 is 0 Å². The van der Waals surface area contributed by atoms with E-state index in [1.807, 2.05) is 30.3 Å². The van der Waals surface area contributed by atoms with Crippen molar-refractivity contribution >= 4 is 0 Å². The minimum absolute atomic E-state index is 0.249. The highest BCUT2D eigenvalue weighted by Gasteiger charge is 2.50. The van der Waals surface area contributed by atoms with Gasteiger partial charge in [-0.1, -0.05) is 30.3 Å². The Kier molecular flexibility index (Phi) is 5.07. The van der Waals surface area contributed by atoms with Gasteiger partial charge in [0, 0.05) is 26.9 Å². The van der Waals surface area contributed by atoms with Crippen LogP contribution in [0.15, 0.2) is 30.3 Å². The van der Waals surface area contributed by atoms with E-state index in [1.165, 1.54) is 0 Å². The molecule has 0 aliphatic carbocycles. The van der Waals surface area contributed by atoms with Crippen LogP contribution in [0.1, 0.15) is 11.9 Å². The molecule has 2 saturated heterocycles. The molecule has 0 amide bonds. The van der Waals surface area contributed by atoms with Crippen LogP contribution in [0.3, 0.4) is 0 Å². The molecule has 0 N–H and O–H groups in total. The maximum atomic E-state index is 6.10. The molecule has 0 unspecified atom stereocenters. The SMILES string of the molecule is CO[C@H]1O[C@@H]2CO[C@@H](c3ccccc3)O[C@@H]2[C@H](OC)[C@H]1OC. The number of rotatable bonds is 4. The van der Waals surface area contributed by atoms with Crippen molar-refractivity contribution in [1.82, 2.24) is 0 Å². The van der Waals surface area contributed by atoms with E-state index in [-0.39, 0.29) is 24.4 Å². The van der Waals surface area contributed by atoms with E-state index in [2.05, 4.69) is 0 Å². The second-order valence-corrected chi connectivity index (χ2v) is 5.36. The number of fused-ring (bicyclic) bond motifs is 1. The number of ether oxygens (including phenoxy) is 6. The lowest BCUT2D eigenvalue weighted by Crippen LogP contribution is -2.63. The molecule has 0 spiro atoms. The van der Waals surface area contributed by atoms with Crippen molar-refractivity contribution in [3.63, 3.8) is 0 Å². The number of benzene rings is 1. The molecule has 6 atom stereocenters. The lowest BCUT2D eigenvalue weighted by Gasteiger charge is -2.48. The highest BCUT2D eigenvalue weighted by atomic mass is 16.8. The van der Waals surface area contributed by atoms with Gasteiger partial charge < -0.3 is 28.4 Å². The number of methoxy groups -OCH3 is 3. The summed E-state index contributed by atoms with van der Waals surface area (Å²) in [4.78, 5) is 0. The summed E-state index contributed by atoms with van der Waals surface area (Å²) in [5, 5.41) is 0. The minimum atomic E-state index is -0.503. The van der Waals surface area contributed by atoms with Crippen molar-refractivity contribution < 1.29 is 28.4 Å². The molecule has 6 nitrogen and oxygen atoms in total. The molecule has 2 aliphatic rings. The Morgan fingerprint density at radius 3 is 2.27 bits per heavy atom. The van der Waals surface area contributed by atoms with E-state index in [1.54, 1.807) is 21.3 Å². The van der Waals surface area contributed by atoms with Gasteiger partial charge in [0.25, 0.3) is 0 Å². The molecule has 0 saturated carbocycles. The number of hydrogen-bond donors (Lipinski definition) is 0. The van der Waals surface area contributed by atoms with Gasteiger partial charge in [0.15, 0.2) is 12.6 Å². The van der Waals surface area contributed by atoms with E-state index >= 15 is 0 Å². The zero-order chi connectivity index (χ0) is 15.5. The topological polar surface area (TPSA) is 55.4 Å². The summed E-state index contributed by atoms with van der Waals surface area (Å²) in [6.07, 6.45) is -2.10. The molecule has 1 aromatic carbocycles. The van der Waals surface area contributed by atoms with Crippen molar-refractivity contribution in [2.45, 2.75) is 37.0 Å². The molecule has 2 heterocycles. The molecule has 6 heteroatoms. The third kappa shape index (κ3) is 2.90. The molecular weight excluding hydrogens is 288 g/mol. The van der Waals surface area contributed by atoms with Gasteiger partial charge in [0.05, 0.1) is 6.61 Å². The monoisotopic (exact) mass is 310 g/mol. The second kappa shape index (κ2) is 7.04. The molecule has 0 bridgehead atoms. The van der Waals surface area contributed by atoms with Crippen LogP contribution >= 0.6 is 0 Å². The van der Waals surface area contributed by atoms with Crippen molar-refractivity contribution in [3.05, 3.63) is 35.9 Å². The maximum absolute atomic E-state index is 6.10. The lowest BCUT2D eigenvalue weighted by molar-refractivity contribution is -0.363. The standard InChI is InChI=1S/C16H22O6/c1-17-13-12-11(21-16(19-3)14(13)18-2)9-20-15(22-12)10-7-5-4-6-8-10/h4-8,11-16H,9H2,1-3H3/t11-,12+,13+,14-,15-,16+/m1/s1. The van der Waals surface area contributed by atoms with Crippen molar-refractivity contribution in [2.75, 3.05) is 27.9 Å². The summed E-state index contributed by atoms with van der Waals surface area (Å²) >= 11 is 0. The van der Waals surface area contributed by atoms with Crippen molar-refractivity contribution in [2.24, 2.45) is 0 Å². The van der Waals surface area contributed by atoms with Crippen LogP contribution in [0.25, 0.3) is 0 Å². The molecule has 122 valence electrons. The predicted octanol–water partition coefficient (Wildman–Crippen LogP) is 1.50. The Morgan fingerprint density at radius 2 is 1.64 bits per heavy atom. The quantitative estimate of drug-likeness (QED) is 0.840. The third-order valence-electron chi connectivity index (χ3n) is 4.13. The fourth-order valence-corrected chi connectivity index (χ4v) is 3.03. The van der Waals surface area contributed by atoms with Crippen LogP contribution in [0.4, 0.5) is 0 Å². The first kappa shape index (κ1) is 15.9. The molecule has 0 radical (unpaired) electrons. The zero-order valence-electron chi connectivity index (χ0n) is 13.0. The molecule has 3 rings (SSSR count). The van der Waals surface area contributed by atoms with Gasteiger partial charge in [-0.25, -0.2) is 0 Å². The molecule has 0 aromatic heterocycles. The summed E-state index contributed by atoms with van der Waals surface area (Å²) in [6, 6.07) is 9.82. The summed E-state index contributed by atoms with van der Waals surface area (Å²) < 4.78 is 34.2. The van der Waals surface area contributed by atoms with Gasteiger partial charge in [-0.05, 0) is 0 Å². The largest absolute Gasteiger partial charge is 0.376 e. The van der Waals surface area contributed by atoms with Gasteiger partial charge in [-0.2, -0.15) is 0 Å². The van der Waals surface area contributed by atoms with Crippen LogP contribution in [-0.2, 0) is 28.4 Å². The van der Waals surface area contributed by atoms with E-state index in [4.69, 9.17) is 28.4 Å². The van der Waals surface area contributed by atoms with Crippen molar-refractivity contribution in [3.8, 4) is 0 Å². The Labute approximate surface area is 130 Å². The van der Waals surface area contributed by atoms with Crippen LogP contribution in [0, 0.1) is 0 Å². The number of hydrogen-bond acceptors (Lipinski definition) is 6.